The number of halogens is 2. The molecule has 4 nitrogen and oxygen atoms in total. The molecule has 0 N–H and O–H groups in total. The van der Waals surface area contributed by atoms with Crippen molar-refractivity contribution in [1.29, 1.82) is 0 Å². The third kappa shape index (κ3) is 2.55. The number of nitrogens with zero attached hydrogens (tertiary/aromatic N) is 1. The molecule has 2 aliphatic rings. The van der Waals surface area contributed by atoms with Crippen LogP contribution in [0.2, 0.25) is 0 Å². The average molecular weight is 295 g/mol. The van der Waals surface area contributed by atoms with E-state index in [1.54, 1.807) is 24.3 Å². The Morgan fingerprint density at radius 3 is 2.00 bits per heavy atom. The molecule has 1 fully saturated rings. The number of amides is 2. The van der Waals surface area contributed by atoms with Gasteiger partial charge in [-0.05, 0) is 37.8 Å². The van der Waals surface area contributed by atoms with Crippen molar-refractivity contribution in [3.8, 4) is 0 Å². The molecule has 1 saturated carbocycles. The van der Waals surface area contributed by atoms with Crippen LogP contribution in [0.15, 0.2) is 24.3 Å². The number of carbonyl (C=O) groups is 2. The predicted molar refractivity (Wildman–Crippen MR) is 70.1 cm³/mol. The van der Waals surface area contributed by atoms with Crippen LogP contribution in [0.1, 0.15) is 46.4 Å². The molecule has 2 amide bonds. The highest BCUT2D eigenvalue weighted by molar-refractivity contribution is 6.21. The number of imide groups is 1. The summed E-state index contributed by atoms with van der Waals surface area (Å²) in [4.78, 5) is 25.9. The van der Waals surface area contributed by atoms with Crippen LogP contribution in [0.5, 0.6) is 0 Å². The van der Waals surface area contributed by atoms with Crippen LogP contribution in [-0.2, 0) is 4.74 Å². The molecule has 1 aromatic rings. The monoisotopic (exact) mass is 295 g/mol. The van der Waals surface area contributed by atoms with Crippen molar-refractivity contribution in [2.45, 2.75) is 44.4 Å². The number of ether oxygens (including phenoxy) is 1. The summed E-state index contributed by atoms with van der Waals surface area (Å²) in [6.45, 7) is -2.77. The van der Waals surface area contributed by atoms with Crippen molar-refractivity contribution in [3.63, 3.8) is 0 Å². The Bertz CT molecular complexity index is 533. The summed E-state index contributed by atoms with van der Waals surface area (Å²) < 4.78 is 28.9. The Kier molecular flexibility index (Phi) is 3.71. The molecular weight excluding hydrogens is 280 g/mol. The van der Waals surface area contributed by atoms with Crippen molar-refractivity contribution in [2.24, 2.45) is 0 Å². The molecule has 0 aromatic heterocycles. The number of alkyl halides is 2. The molecule has 0 atom stereocenters. The molecule has 3 rings (SSSR count). The van der Waals surface area contributed by atoms with Gasteiger partial charge in [0.2, 0.25) is 0 Å². The summed E-state index contributed by atoms with van der Waals surface area (Å²) in [7, 11) is 0. The molecule has 0 radical (unpaired) electrons. The molecule has 1 aromatic carbocycles. The summed E-state index contributed by atoms with van der Waals surface area (Å²) in [5, 5.41) is 0. The summed E-state index contributed by atoms with van der Waals surface area (Å²) in [6.07, 6.45) is 1.38. The number of hydrogen-bond acceptors (Lipinski definition) is 3. The van der Waals surface area contributed by atoms with E-state index in [9.17, 15) is 18.4 Å². The van der Waals surface area contributed by atoms with Gasteiger partial charge in [-0.3, -0.25) is 14.5 Å². The lowest BCUT2D eigenvalue weighted by Crippen LogP contribution is -2.43. The van der Waals surface area contributed by atoms with E-state index < -0.39 is 12.7 Å². The number of hydrogen-bond donors (Lipinski definition) is 0. The predicted octanol–water partition coefficient (Wildman–Crippen LogP) is 2.83. The van der Waals surface area contributed by atoms with Crippen molar-refractivity contribution in [2.75, 3.05) is 0 Å². The van der Waals surface area contributed by atoms with Crippen molar-refractivity contribution in [1.82, 2.24) is 4.90 Å². The van der Waals surface area contributed by atoms with Crippen LogP contribution in [-0.4, -0.2) is 35.5 Å². The molecule has 1 aliphatic heterocycles. The van der Waals surface area contributed by atoms with Crippen LogP contribution < -0.4 is 0 Å². The third-order valence-electron chi connectivity index (χ3n) is 4.13. The summed E-state index contributed by atoms with van der Waals surface area (Å²) in [6, 6.07) is 6.50. The first-order valence-corrected chi connectivity index (χ1v) is 6.98. The molecule has 0 spiro atoms. The zero-order valence-corrected chi connectivity index (χ0v) is 11.3. The highest BCUT2D eigenvalue weighted by Gasteiger charge is 2.41. The van der Waals surface area contributed by atoms with Gasteiger partial charge in [0.15, 0.2) is 0 Å². The molecule has 1 heterocycles. The van der Waals surface area contributed by atoms with E-state index in [0.717, 1.165) is 0 Å². The van der Waals surface area contributed by atoms with Gasteiger partial charge in [-0.2, -0.15) is 8.78 Å². The minimum Gasteiger partial charge on any atom is -0.320 e. The van der Waals surface area contributed by atoms with Gasteiger partial charge >= 0.3 is 6.61 Å². The number of carbonyl (C=O) groups excluding carboxylic acids is 2. The lowest BCUT2D eigenvalue weighted by atomic mass is 9.92. The van der Waals surface area contributed by atoms with Crippen LogP contribution in [0.3, 0.4) is 0 Å². The van der Waals surface area contributed by atoms with Crippen molar-refractivity contribution in [3.05, 3.63) is 35.4 Å². The molecule has 1 aliphatic carbocycles. The smallest absolute Gasteiger partial charge is 0.320 e. The Balaban J connectivity index is 1.70. The van der Waals surface area contributed by atoms with E-state index in [1.165, 1.54) is 4.90 Å². The minimum atomic E-state index is -2.77. The SMILES string of the molecule is O=C1c2ccccc2C(=O)N1C1CCC(OC(F)F)CC1. The van der Waals surface area contributed by atoms with E-state index in [1.807, 2.05) is 0 Å². The van der Waals surface area contributed by atoms with Crippen LogP contribution in [0, 0.1) is 0 Å². The molecule has 112 valence electrons. The van der Waals surface area contributed by atoms with Gasteiger partial charge in [0.1, 0.15) is 0 Å². The van der Waals surface area contributed by atoms with Gasteiger partial charge in [0, 0.05) is 6.04 Å². The molecule has 6 heteroatoms. The summed E-state index contributed by atoms with van der Waals surface area (Å²) >= 11 is 0. The van der Waals surface area contributed by atoms with E-state index in [4.69, 9.17) is 0 Å². The first kappa shape index (κ1) is 14.1. The molecular formula is C15H15F2NO3. The van der Waals surface area contributed by atoms with Crippen LogP contribution in [0.4, 0.5) is 8.78 Å². The Morgan fingerprint density at radius 2 is 1.52 bits per heavy atom. The maximum atomic E-state index is 12.3. The molecule has 0 saturated heterocycles. The fourth-order valence-electron chi connectivity index (χ4n) is 3.12. The van der Waals surface area contributed by atoms with Gasteiger partial charge in [0.05, 0.1) is 17.2 Å². The second-order valence-corrected chi connectivity index (χ2v) is 5.35. The first-order valence-electron chi connectivity index (χ1n) is 6.98. The quantitative estimate of drug-likeness (QED) is 0.806. The second kappa shape index (κ2) is 5.52. The Hall–Kier alpha value is -1.82. The van der Waals surface area contributed by atoms with Gasteiger partial charge in [-0.15, -0.1) is 0 Å². The van der Waals surface area contributed by atoms with Crippen molar-refractivity contribution < 1.29 is 23.1 Å². The second-order valence-electron chi connectivity index (χ2n) is 5.35. The van der Waals surface area contributed by atoms with Gasteiger partial charge in [-0.1, -0.05) is 12.1 Å². The fourth-order valence-corrected chi connectivity index (χ4v) is 3.12. The fraction of sp³-hybridized carbons (Fsp3) is 0.467. The van der Waals surface area contributed by atoms with Gasteiger partial charge in [0.25, 0.3) is 11.8 Å². The molecule has 0 unspecified atom stereocenters. The minimum absolute atomic E-state index is 0.227. The maximum absolute atomic E-state index is 12.3. The van der Waals surface area contributed by atoms with Crippen molar-refractivity contribution >= 4 is 11.8 Å². The Labute approximate surface area is 120 Å². The topological polar surface area (TPSA) is 46.6 Å². The lowest BCUT2D eigenvalue weighted by molar-refractivity contribution is -0.171. The van der Waals surface area contributed by atoms with E-state index in [0.29, 0.717) is 36.8 Å². The summed E-state index contributed by atoms with van der Waals surface area (Å²) in [5.74, 6) is -0.567. The number of rotatable bonds is 3. The van der Waals surface area contributed by atoms with Gasteiger partial charge < -0.3 is 4.74 Å². The zero-order valence-electron chi connectivity index (χ0n) is 11.3. The Morgan fingerprint density at radius 1 is 1.00 bits per heavy atom. The average Bonchev–Trinajstić information content (AvgIpc) is 2.72. The molecule has 21 heavy (non-hydrogen) atoms. The lowest BCUT2D eigenvalue weighted by Gasteiger charge is -2.33. The maximum Gasteiger partial charge on any atom is 0.345 e. The normalized spacial score (nSPS) is 25.6. The number of fused-ring (bicyclic) bond motifs is 1. The van der Waals surface area contributed by atoms with E-state index in [2.05, 4.69) is 4.74 Å². The summed E-state index contributed by atoms with van der Waals surface area (Å²) in [5.41, 5.74) is 0.849. The third-order valence-corrected chi connectivity index (χ3v) is 4.13. The van der Waals surface area contributed by atoms with Crippen LogP contribution >= 0.6 is 0 Å². The largest absolute Gasteiger partial charge is 0.345 e. The van der Waals surface area contributed by atoms with E-state index >= 15 is 0 Å². The van der Waals surface area contributed by atoms with E-state index in [-0.39, 0.29) is 17.9 Å². The highest BCUT2D eigenvalue weighted by atomic mass is 19.3. The highest BCUT2D eigenvalue weighted by Crippen LogP contribution is 2.32. The zero-order chi connectivity index (χ0) is 15.0. The number of benzene rings is 1. The molecule has 0 bridgehead atoms. The standard InChI is InChI=1S/C15H15F2NO3/c16-15(17)21-10-7-5-9(6-8-10)18-13(19)11-3-1-2-4-12(11)14(18)20/h1-4,9-10,15H,5-8H2. The van der Waals surface area contributed by atoms with Crippen LogP contribution in [0.25, 0.3) is 0 Å². The van der Waals surface area contributed by atoms with Gasteiger partial charge in [-0.25, -0.2) is 0 Å². The first-order chi connectivity index (χ1) is 10.1.